The van der Waals surface area contributed by atoms with Crippen molar-refractivity contribution < 1.29 is 4.43 Å². The van der Waals surface area contributed by atoms with Crippen LogP contribution in [0.3, 0.4) is 0 Å². The molecule has 0 fully saturated rings. The smallest absolute Gasteiger partial charge is 0.242 e. The van der Waals surface area contributed by atoms with E-state index in [2.05, 4.69) is 87.1 Å². The van der Waals surface area contributed by atoms with Crippen LogP contribution in [0.1, 0.15) is 0 Å². The fourth-order valence-corrected chi connectivity index (χ4v) is 4.82. The van der Waals surface area contributed by atoms with Crippen LogP contribution >= 0.6 is 0 Å². The summed E-state index contributed by atoms with van der Waals surface area (Å²) in [5, 5.41) is 0. The summed E-state index contributed by atoms with van der Waals surface area (Å²) in [5.74, 6) is 0.998. The van der Waals surface area contributed by atoms with Crippen molar-refractivity contribution in [2.45, 2.75) is 58.9 Å². The monoisotopic (exact) mass is 340 g/mol. The first-order valence-corrected chi connectivity index (χ1v) is 18.1. The molecule has 0 aliphatic rings. The molecule has 0 aliphatic heterocycles. The largest absolute Gasteiger partial charge is 0.543 e. The van der Waals surface area contributed by atoms with E-state index in [4.69, 9.17) is 4.43 Å². The second-order valence-electron chi connectivity index (χ2n) is 8.68. The molecule has 3 nitrogen and oxygen atoms in total. The van der Waals surface area contributed by atoms with Crippen molar-refractivity contribution in [2.75, 3.05) is 9.96 Å². The number of anilines is 2. The summed E-state index contributed by atoms with van der Waals surface area (Å²) < 4.78 is 6.25. The fraction of sp³-hybridized carbons (Fsp3) is 0.600. The highest BCUT2D eigenvalue weighted by Crippen LogP contribution is 2.32. The van der Waals surface area contributed by atoms with Gasteiger partial charge < -0.3 is 14.4 Å². The van der Waals surface area contributed by atoms with Crippen molar-refractivity contribution in [3.05, 3.63) is 18.2 Å². The first-order chi connectivity index (χ1) is 9.25. The summed E-state index contributed by atoms with van der Waals surface area (Å²) in [6.45, 7) is 20.5. The molecule has 0 radical (unpaired) electrons. The Balaban J connectivity index is 3.14. The van der Waals surface area contributed by atoms with Crippen LogP contribution in [0.15, 0.2) is 18.2 Å². The molecule has 0 aliphatic carbocycles. The SMILES string of the molecule is C[Si](C)(C)Nc1ccc(O[Si](C)(C)C)c(N[Si](C)(C)C)c1. The van der Waals surface area contributed by atoms with Gasteiger partial charge in [-0.3, -0.25) is 0 Å². The molecule has 1 rings (SSSR count). The minimum atomic E-state index is -1.61. The first kappa shape index (κ1) is 18.3. The Morgan fingerprint density at radius 1 is 0.762 bits per heavy atom. The molecular formula is C15H32N2OSi3. The van der Waals surface area contributed by atoms with Gasteiger partial charge >= 0.3 is 0 Å². The van der Waals surface area contributed by atoms with E-state index in [1.54, 1.807) is 0 Å². The van der Waals surface area contributed by atoms with Crippen LogP contribution in [-0.2, 0) is 0 Å². The predicted octanol–water partition coefficient (Wildman–Crippen LogP) is 5.39. The molecule has 21 heavy (non-hydrogen) atoms. The van der Waals surface area contributed by atoms with Gasteiger partial charge in [-0.15, -0.1) is 0 Å². The highest BCUT2D eigenvalue weighted by molar-refractivity contribution is 6.80. The minimum Gasteiger partial charge on any atom is -0.543 e. The van der Waals surface area contributed by atoms with E-state index in [0.717, 1.165) is 11.4 Å². The highest BCUT2D eigenvalue weighted by atomic mass is 28.4. The van der Waals surface area contributed by atoms with E-state index < -0.39 is 24.8 Å². The lowest BCUT2D eigenvalue weighted by molar-refractivity contribution is 0.560. The summed E-state index contributed by atoms with van der Waals surface area (Å²) in [4.78, 5) is 7.38. The van der Waals surface area contributed by atoms with Crippen molar-refractivity contribution >= 4 is 36.2 Å². The summed E-state index contributed by atoms with van der Waals surface area (Å²) >= 11 is 0. The molecule has 6 heteroatoms. The van der Waals surface area contributed by atoms with E-state index >= 15 is 0 Å². The minimum absolute atomic E-state index is 0.998. The Labute approximate surface area is 133 Å². The zero-order valence-corrected chi connectivity index (χ0v) is 18.1. The van der Waals surface area contributed by atoms with E-state index in [1.165, 1.54) is 5.69 Å². The Bertz CT molecular complexity index is 485. The maximum Gasteiger partial charge on any atom is 0.242 e. The number of hydrogen-bond acceptors (Lipinski definition) is 3. The lowest BCUT2D eigenvalue weighted by Gasteiger charge is -2.28. The number of benzene rings is 1. The van der Waals surface area contributed by atoms with Gasteiger partial charge in [0.05, 0.1) is 5.69 Å². The maximum absolute atomic E-state index is 6.25. The van der Waals surface area contributed by atoms with Crippen molar-refractivity contribution in [2.24, 2.45) is 0 Å². The van der Waals surface area contributed by atoms with Crippen molar-refractivity contribution in [1.82, 2.24) is 0 Å². The fourth-order valence-electron chi connectivity index (χ4n) is 1.96. The second kappa shape index (κ2) is 6.18. The van der Waals surface area contributed by atoms with Gasteiger partial charge in [0.15, 0.2) is 0 Å². The van der Waals surface area contributed by atoms with Crippen LogP contribution in [0.25, 0.3) is 0 Å². The van der Waals surface area contributed by atoms with Crippen LogP contribution in [0.5, 0.6) is 5.75 Å². The average molecular weight is 341 g/mol. The third-order valence-corrected chi connectivity index (χ3v) is 5.32. The Morgan fingerprint density at radius 2 is 1.29 bits per heavy atom. The van der Waals surface area contributed by atoms with Gasteiger partial charge in [-0.1, -0.05) is 39.3 Å². The molecule has 0 bridgehead atoms. The van der Waals surface area contributed by atoms with Gasteiger partial charge in [0.2, 0.25) is 8.32 Å². The molecule has 0 saturated heterocycles. The topological polar surface area (TPSA) is 33.3 Å². The van der Waals surface area contributed by atoms with Crippen LogP contribution in [0.2, 0.25) is 58.9 Å². The molecule has 0 amide bonds. The van der Waals surface area contributed by atoms with Crippen LogP contribution in [0.4, 0.5) is 11.4 Å². The molecule has 2 N–H and O–H groups in total. The van der Waals surface area contributed by atoms with Crippen molar-refractivity contribution in [3.63, 3.8) is 0 Å². The van der Waals surface area contributed by atoms with Crippen LogP contribution < -0.4 is 14.4 Å². The molecular weight excluding hydrogens is 308 g/mol. The third kappa shape index (κ3) is 7.73. The lowest BCUT2D eigenvalue weighted by Crippen LogP contribution is -2.35. The quantitative estimate of drug-likeness (QED) is 0.681. The number of rotatable bonds is 6. The lowest BCUT2D eigenvalue weighted by atomic mass is 10.3. The summed E-state index contributed by atoms with van der Waals surface area (Å²) in [7, 11) is -4.37. The Hall–Kier alpha value is -0.729. The standard InChI is InChI=1S/C15H32N2OSi3/c1-19(2,3)16-13-10-11-15(18-21(7,8)9)14(12-13)17-20(4,5)6/h10-12,16-17H,1-9H3. The highest BCUT2D eigenvalue weighted by Gasteiger charge is 2.22. The molecule has 120 valence electrons. The molecule has 0 unspecified atom stereocenters. The predicted molar refractivity (Wildman–Crippen MR) is 104 cm³/mol. The van der Waals surface area contributed by atoms with Gasteiger partial charge in [0.25, 0.3) is 0 Å². The van der Waals surface area contributed by atoms with Gasteiger partial charge in [-0.25, -0.2) is 0 Å². The summed E-state index contributed by atoms with van der Waals surface area (Å²) in [6, 6.07) is 6.47. The molecule has 0 saturated carbocycles. The Morgan fingerprint density at radius 3 is 1.71 bits per heavy atom. The second-order valence-corrected chi connectivity index (χ2v) is 22.6. The van der Waals surface area contributed by atoms with Crippen LogP contribution in [0, 0.1) is 0 Å². The zero-order valence-electron chi connectivity index (χ0n) is 15.1. The molecule has 0 atom stereocenters. The van der Waals surface area contributed by atoms with E-state index in [1.807, 2.05) is 0 Å². The summed E-state index contributed by atoms with van der Waals surface area (Å²) in [5.41, 5.74) is 2.33. The normalized spacial score (nSPS) is 13.0. The molecule has 0 aromatic heterocycles. The maximum atomic E-state index is 6.25. The molecule has 0 spiro atoms. The van der Waals surface area contributed by atoms with E-state index in [-0.39, 0.29) is 0 Å². The zero-order chi connectivity index (χ0) is 16.5. The molecule has 1 aromatic rings. The number of nitrogens with one attached hydrogen (secondary N) is 2. The summed E-state index contributed by atoms with van der Waals surface area (Å²) in [6.07, 6.45) is 0. The van der Waals surface area contributed by atoms with E-state index in [0.29, 0.717) is 0 Å². The van der Waals surface area contributed by atoms with Gasteiger partial charge in [-0.05, 0) is 37.8 Å². The van der Waals surface area contributed by atoms with Crippen molar-refractivity contribution in [3.8, 4) is 5.75 Å². The Kier molecular flexibility index (Phi) is 5.39. The molecule has 0 heterocycles. The average Bonchev–Trinajstić information content (AvgIpc) is 2.15. The van der Waals surface area contributed by atoms with Gasteiger partial charge in [0.1, 0.15) is 22.2 Å². The first-order valence-electron chi connectivity index (χ1n) is 7.65. The van der Waals surface area contributed by atoms with Crippen LogP contribution in [-0.4, -0.2) is 24.8 Å². The van der Waals surface area contributed by atoms with Gasteiger partial charge in [0, 0.05) is 5.69 Å². The van der Waals surface area contributed by atoms with Gasteiger partial charge in [-0.2, -0.15) is 0 Å². The van der Waals surface area contributed by atoms with Crippen molar-refractivity contribution in [1.29, 1.82) is 0 Å². The third-order valence-electron chi connectivity index (χ3n) is 2.42. The molecule has 1 aromatic carbocycles. The van der Waals surface area contributed by atoms with E-state index in [9.17, 15) is 0 Å². The number of hydrogen-bond donors (Lipinski definition) is 2.